The van der Waals surface area contributed by atoms with Gasteiger partial charge in [-0.3, -0.25) is 4.79 Å². The first kappa shape index (κ1) is 14.7. The molecule has 98 valence electrons. The molecule has 0 aliphatic rings. The van der Waals surface area contributed by atoms with Gasteiger partial charge in [-0.1, -0.05) is 0 Å². The smallest absolute Gasteiger partial charge is 0.397 e. The highest BCUT2D eigenvalue weighted by Gasteiger charge is 2.31. The second-order valence-electron chi connectivity index (χ2n) is 3.34. The minimum absolute atomic E-state index is 0.155. The van der Waals surface area contributed by atoms with Crippen molar-refractivity contribution in [1.82, 2.24) is 0 Å². The summed E-state index contributed by atoms with van der Waals surface area (Å²) in [4.78, 5) is 21.9. The number of aromatic carboxylic acids is 1. The van der Waals surface area contributed by atoms with Gasteiger partial charge in [0, 0.05) is 3.57 Å². The van der Waals surface area contributed by atoms with E-state index in [9.17, 15) is 22.8 Å². The number of carbonyl (C=O) groups is 2. The van der Waals surface area contributed by atoms with Crippen LogP contribution < -0.4 is 5.32 Å². The van der Waals surface area contributed by atoms with Gasteiger partial charge in [0.2, 0.25) is 5.91 Å². The zero-order chi connectivity index (χ0) is 13.9. The largest absolute Gasteiger partial charge is 0.478 e. The van der Waals surface area contributed by atoms with E-state index in [1.807, 2.05) is 27.9 Å². The normalized spacial score (nSPS) is 11.1. The number of nitrogens with one attached hydrogen (secondary N) is 1. The van der Waals surface area contributed by atoms with Crippen LogP contribution in [0, 0.1) is 3.57 Å². The molecule has 1 aromatic rings. The molecule has 1 amide bonds. The topological polar surface area (TPSA) is 66.4 Å². The van der Waals surface area contributed by atoms with E-state index < -0.39 is 24.5 Å². The molecule has 0 spiro atoms. The highest BCUT2D eigenvalue weighted by molar-refractivity contribution is 14.1. The maximum absolute atomic E-state index is 12.0. The van der Waals surface area contributed by atoms with E-state index in [0.717, 1.165) is 0 Å². The molecule has 1 rings (SSSR count). The first-order valence-corrected chi connectivity index (χ1v) is 5.66. The van der Waals surface area contributed by atoms with Gasteiger partial charge in [-0.05, 0) is 40.8 Å². The van der Waals surface area contributed by atoms with Crippen molar-refractivity contribution in [2.24, 2.45) is 0 Å². The molecule has 0 radical (unpaired) electrons. The number of hydrogen-bond acceptors (Lipinski definition) is 2. The van der Waals surface area contributed by atoms with Gasteiger partial charge in [0.1, 0.15) is 6.42 Å². The van der Waals surface area contributed by atoms with Crippen molar-refractivity contribution in [2.75, 3.05) is 5.32 Å². The number of carboxylic acid groups (broad SMARTS) is 1. The van der Waals surface area contributed by atoms with Gasteiger partial charge in [0.25, 0.3) is 0 Å². The van der Waals surface area contributed by atoms with Crippen LogP contribution in [0.1, 0.15) is 16.8 Å². The van der Waals surface area contributed by atoms with Crippen molar-refractivity contribution in [3.8, 4) is 0 Å². The molecule has 0 unspecified atom stereocenters. The summed E-state index contributed by atoms with van der Waals surface area (Å²) in [5, 5.41) is 10.8. The maximum Gasteiger partial charge on any atom is 0.397 e. The van der Waals surface area contributed by atoms with Crippen molar-refractivity contribution < 1.29 is 27.9 Å². The number of carboxylic acids is 1. The van der Waals surface area contributed by atoms with E-state index in [-0.39, 0.29) is 11.3 Å². The molecule has 0 aromatic heterocycles. The quantitative estimate of drug-likeness (QED) is 0.801. The molecule has 8 heteroatoms. The molecule has 4 nitrogen and oxygen atoms in total. The summed E-state index contributed by atoms with van der Waals surface area (Å²) >= 11 is 1.86. The Bertz CT molecular complexity index is 488. The molecule has 0 aliphatic carbocycles. The SMILES string of the molecule is O=C(CC(F)(F)F)Nc1ccc(I)cc1C(=O)O. The lowest BCUT2D eigenvalue weighted by Crippen LogP contribution is -2.22. The predicted octanol–water partition coefficient (Wildman–Crippen LogP) is 2.88. The molecule has 0 atom stereocenters. The van der Waals surface area contributed by atoms with Crippen LogP contribution in [0.4, 0.5) is 18.9 Å². The monoisotopic (exact) mass is 373 g/mol. The van der Waals surface area contributed by atoms with Crippen molar-refractivity contribution in [1.29, 1.82) is 0 Å². The van der Waals surface area contributed by atoms with Crippen LogP contribution in [0.5, 0.6) is 0 Å². The molecule has 0 saturated carbocycles. The van der Waals surface area contributed by atoms with Crippen LogP contribution >= 0.6 is 22.6 Å². The van der Waals surface area contributed by atoms with Crippen molar-refractivity contribution in [3.05, 3.63) is 27.3 Å². The average Bonchev–Trinajstić information content (AvgIpc) is 2.17. The lowest BCUT2D eigenvalue weighted by Gasteiger charge is -2.10. The van der Waals surface area contributed by atoms with Gasteiger partial charge in [-0.15, -0.1) is 0 Å². The standard InChI is InChI=1S/C10H7F3INO3/c11-10(12,13)4-8(16)15-7-2-1-5(14)3-6(7)9(17)18/h1-3H,4H2,(H,15,16)(H,17,18). The third kappa shape index (κ3) is 4.51. The Kier molecular flexibility index (Phi) is 4.54. The van der Waals surface area contributed by atoms with Crippen LogP contribution in [0.25, 0.3) is 0 Å². The average molecular weight is 373 g/mol. The number of alkyl halides is 3. The Balaban J connectivity index is 2.91. The fourth-order valence-electron chi connectivity index (χ4n) is 1.18. The van der Waals surface area contributed by atoms with Gasteiger partial charge in [-0.2, -0.15) is 13.2 Å². The first-order chi connectivity index (χ1) is 8.19. The Morgan fingerprint density at radius 2 is 1.94 bits per heavy atom. The van der Waals surface area contributed by atoms with Crippen LogP contribution in [0.15, 0.2) is 18.2 Å². The van der Waals surface area contributed by atoms with E-state index in [2.05, 4.69) is 0 Å². The van der Waals surface area contributed by atoms with E-state index in [1.165, 1.54) is 18.2 Å². The number of anilines is 1. The van der Waals surface area contributed by atoms with Crippen molar-refractivity contribution in [2.45, 2.75) is 12.6 Å². The highest BCUT2D eigenvalue weighted by atomic mass is 127. The summed E-state index contributed by atoms with van der Waals surface area (Å²) in [6.07, 6.45) is -6.28. The van der Waals surface area contributed by atoms with E-state index >= 15 is 0 Å². The summed E-state index contributed by atoms with van der Waals surface area (Å²) in [6.45, 7) is 0. The number of halogens is 4. The molecule has 0 aliphatic heterocycles. The lowest BCUT2D eigenvalue weighted by molar-refractivity contribution is -0.150. The molecule has 0 saturated heterocycles. The Morgan fingerprint density at radius 3 is 2.44 bits per heavy atom. The molecule has 2 N–H and O–H groups in total. The second kappa shape index (κ2) is 5.55. The van der Waals surface area contributed by atoms with Crippen LogP contribution in [-0.2, 0) is 4.79 Å². The molecule has 0 bridgehead atoms. The lowest BCUT2D eigenvalue weighted by atomic mass is 10.2. The molecule has 1 aromatic carbocycles. The predicted molar refractivity (Wildman–Crippen MR) is 65.4 cm³/mol. The summed E-state index contributed by atoms with van der Waals surface area (Å²) in [5.74, 6) is -2.62. The minimum atomic E-state index is -4.63. The van der Waals surface area contributed by atoms with E-state index in [4.69, 9.17) is 5.11 Å². The van der Waals surface area contributed by atoms with Crippen LogP contribution in [0.3, 0.4) is 0 Å². The van der Waals surface area contributed by atoms with Gasteiger partial charge in [0.15, 0.2) is 0 Å². The molecule has 18 heavy (non-hydrogen) atoms. The summed E-state index contributed by atoms with van der Waals surface area (Å²) in [5.41, 5.74) is -0.408. The third-order valence-electron chi connectivity index (χ3n) is 1.85. The van der Waals surface area contributed by atoms with Crippen molar-refractivity contribution in [3.63, 3.8) is 0 Å². The second-order valence-corrected chi connectivity index (χ2v) is 4.58. The van der Waals surface area contributed by atoms with Crippen LogP contribution in [-0.4, -0.2) is 23.2 Å². The maximum atomic E-state index is 12.0. The van der Waals surface area contributed by atoms with E-state index in [1.54, 1.807) is 0 Å². The van der Waals surface area contributed by atoms with Gasteiger partial charge in [-0.25, -0.2) is 4.79 Å². The van der Waals surface area contributed by atoms with Gasteiger partial charge < -0.3 is 10.4 Å². The first-order valence-electron chi connectivity index (χ1n) is 4.58. The molecular weight excluding hydrogens is 366 g/mol. The number of hydrogen-bond donors (Lipinski definition) is 2. The zero-order valence-corrected chi connectivity index (χ0v) is 10.9. The minimum Gasteiger partial charge on any atom is -0.478 e. The number of benzene rings is 1. The number of carbonyl (C=O) groups excluding carboxylic acids is 1. The fourth-order valence-corrected chi connectivity index (χ4v) is 1.67. The number of amides is 1. The van der Waals surface area contributed by atoms with Crippen molar-refractivity contribution >= 4 is 40.2 Å². The Hall–Kier alpha value is -1.32. The summed E-state index contributed by atoms with van der Waals surface area (Å²) in [6, 6.07) is 3.99. The number of rotatable bonds is 3. The molecule has 0 heterocycles. The highest BCUT2D eigenvalue weighted by Crippen LogP contribution is 2.23. The fraction of sp³-hybridized carbons (Fsp3) is 0.200. The summed E-state index contributed by atoms with van der Waals surface area (Å²) in [7, 11) is 0. The van der Waals surface area contributed by atoms with Gasteiger partial charge >= 0.3 is 12.1 Å². The van der Waals surface area contributed by atoms with Crippen LogP contribution in [0.2, 0.25) is 0 Å². The summed E-state index contributed by atoms with van der Waals surface area (Å²) < 4.78 is 36.5. The third-order valence-corrected chi connectivity index (χ3v) is 2.52. The van der Waals surface area contributed by atoms with Gasteiger partial charge in [0.05, 0.1) is 11.3 Å². The molecular formula is C10H7F3INO3. The molecule has 0 fully saturated rings. The Morgan fingerprint density at radius 1 is 1.33 bits per heavy atom. The zero-order valence-electron chi connectivity index (χ0n) is 8.71. The Labute approximate surface area is 113 Å². The van der Waals surface area contributed by atoms with E-state index in [0.29, 0.717) is 3.57 Å².